The number of halogens is 1. The summed E-state index contributed by atoms with van der Waals surface area (Å²) in [7, 11) is 0. The fourth-order valence-electron chi connectivity index (χ4n) is 2.35. The lowest BCUT2D eigenvalue weighted by molar-refractivity contribution is 0.318. The van der Waals surface area contributed by atoms with Gasteiger partial charge in [-0.05, 0) is 55.0 Å². The second kappa shape index (κ2) is 7.81. The Bertz CT molecular complexity index is 988. The first-order valence-electron chi connectivity index (χ1n) is 7.90. The van der Waals surface area contributed by atoms with Crippen molar-refractivity contribution >= 4 is 23.0 Å². The molecule has 2 aromatic carbocycles. The lowest BCUT2D eigenvalue weighted by Gasteiger charge is -2.06. The van der Waals surface area contributed by atoms with E-state index in [1.54, 1.807) is 30.3 Å². The molecule has 0 saturated heterocycles. The molecule has 1 heterocycles. The van der Waals surface area contributed by atoms with E-state index in [0.717, 1.165) is 11.1 Å². The van der Waals surface area contributed by atoms with Gasteiger partial charge >= 0.3 is 0 Å². The van der Waals surface area contributed by atoms with Gasteiger partial charge in [0.1, 0.15) is 16.9 Å². The SMILES string of the molecule is CCOc1cc(/C=C(/C#N)c2nc(-c3ccc(F)cc3)cs2)ccc1O. The van der Waals surface area contributed by atoms with Gasteiger partial charge < -0.3 is 9.84 Å². The zero-order valence-electron chi connectivity index (χ0n) is 13.9. The standard InChI is InChI=1S/C20H15FN2O2S/c1-2-25-19-10-13(3-8-18(19)24)9-15(11-22)20-23-17(12-26-20)14-4-6-16(21)7-5-14/h3-10,12,24H,2H2,1H3/b15-9-. The summed E-state index contributed by atoms with van der Waals surface area (Å²) in [5.41, 5.74) is 2.60. The number of hydrogen-bond acceptors (Lipinski definition) is 5. The van der Waals surface area contributed by atoms with Crippen LogP contribution >= 0.6 is 11.3 Å². The Kier molecular flexibility index (Phi) is 5.30. The molecule has 0 saturated carbocycles. The van der Waals surface area contributed by atoms with Crippen molar-refractivity contribution in [3.8, 4) is 28.8 Å². The van der Waals surface area contributed by atoms with Crippen molar-refractivity contribution in [3.05, 3.63) is 64.2 Å². The van der Waals surface area contributed by atoms with E-state index < -0.39 is 0 Å². The molecule has 1 aromatic heterocycles. The normalized spacial score (nSPS) is 11.2. The van der Waals surface area contributed by atoms with E-state index in [2.05, 4.69) is 11.1 Å². The van der Waals surface area contributed by atoms with E-state index in [0.29, 0.717) is 28.6 Å². The molecule has 130 valence electrons. The molecule has 6 heteroatoms. The molecule has 0 radical (unpaired) electrons. The molecule has 0 aliphatic rings. The Morgan fingerprint density at radius 1 is 1.31 bits per heavy atom. The maximum absolute atomic E-state index is 13.1. The molecule has 0 aliphatic heterocycles. The van der Waals surface area contributed by atoms with Gasteiger partial charge in [0.25, 0.3) is 0 Å². The van der Waals surface area contributed by atoms with Crippen molar-refractivity contribution in [2.75, 3.05) is 6.61 Å². The lowest BCUT2D eigenvalue weighted by atomic mass is 10.1. The molecule has 4 nitrogen and oxygen atoms in total. The average molecular weight is 366 g/mol. The number of aromatic nitrogens is 1. The molecule has 0 aliphatic carbocycles. The van der Waals surface area contributed by atoms with Gasteiger partial charge in [0.15, 0.2) is 11.5 Å². The monoisotopic (exact) mass is 366 g/mol. The predicted octanol–water partition coefficient (Wildman–Crippen LogP) is 5.12. The van der Waals surface area contributed by atoms with E-state index >= 15 is 0 Å². The molecule has 26 heavy (non-hydrogen) atoms. The Hall–Kier alpha value is -3.17. The molecule has 3 aromatic rings. The summed E-state index contributed by atoms with van der Waals surface area (Å²) in [5.74, 6) is 0.110. The zero-order valence-corrected chi connectivity index (χ0v) is 14.8. The highest BCUT2D eigenvalue weighted by Gasteiger charge is 2.10. The quantitative estimate of drug-likeness (QED) is 0.637. The van der Waals surface area contributed by atoms with E-state index in [9.17, 15) is 14.8 Å². The van der Waals surface area contributed by atoms with E-state index in [4.69, 9.17) is 4.74 Å². The lowest BCUT2D eigenvalue weighted by Crippen LogP contribution is -1.92. The van der Waals surface area contributed by atoms with Crippen LogP contribution in [0.2, 0.25) is 0 Å². The van der Waals surface area contributed by atoms with Gasteiger partial charge in [0, 0.05) is 10.9 Å². The highest BCUT2D eigenvalue weighted by atomic mass is 32.1. The number of nitriles is 1. The van der Waals surface area contributed by atoms with E-state index in [-0.39, 0.29) is 11.6 Å². The second-order valence-corrected chi connectivity index (χ2v) is 6.23. The summed E-state index contributed by atoms with van der Waals surface area (Å²) < 4.78 is 18.4. The number of allylic oxidation sites excluding steroid dienone is 1. The first kappa shape index (κ1) is 17.6. The number of phenols is 1. The number of ether oxygens (including phenoxy) is 1. The highest BCUT2D eigenvalue weighted by Crippen LogP contribution is 2.30. The summed E-state index contributed by atoms with van der Waals surface area (Å²) >= 11 is 1.34. The molecule has 0 atom stereocenters. The third kappa shape index (κ3) is 3.90. The van der Waals surface area contributed by atoms with Crippen LogP contribution in [-0.2, 0) is 0 Å². The molecule has 0 bridgehead atoms. The number of phenolic OH excluding ortho intramolecular Hbond substituents is 1. The first-order chi connectivity index (χ1) is 12.6. The minimum Gasteiger partial charge on any atom is -0.504 e. The molecule has 0 amide bonds. The number of nitrogens with zero attached hydrogens (tertiary/aromatic N) is 2. The molecular weight excluding hydrogens is 351 g/mol. The predicted molar refractivity (Wildman–Crippen MR) is 100 cm³/mol. The summed E-state index contributed by atoms with van der Waals surface area (Å²) in [6, 6.07) is 13.1. The summed E-state index contributed by atoms with van der Waals surface area (Å²) in [6.07, 6.45) is 1.69. The van der Waals surface area contributed by atoms with Crippen LogP contribution < -0.4 is 4.74 Å². The van der Waals surface area contributed by atoms with Gasteiger partial charge in [-0.3, -0.25) is 0 Å². The van der Waals surface area contributed by atoms with Crippen molar-refractivity contribution in [2.45, 2.75) is 6.92 Å². The number of hydrogen-bond donors (Lipinski definition) is 1. The molecule has 1 N–H and O–H groups in total. The van der Waals surface area contributed by atoms with E-state index in [1.165, 1.54) is 29.5 Å². The summed E-state index contributed by atoms with van der Waals surface area (Å²) in [4.78, 5) is 4.48. The van der Waals surface area contributed by atoms with Gasteiger partial charge in [-0.2, -0.15) is 5.26 Å². The summed E-state index contributed by atoms with van der Waals surface area (Å²) in [5, 5.41) is 21.7. The molecular formula is C20H15FN2O2S. The smallest absolute Gasteiger partial charge is 0.161 e. The van der Waals surface area contributed by atoms with Crippen LogP contribution in [0.25, 0.3) is 22.9 Å². The maximum atomic E-state index is 13.1. The van der Waals surface area contributed by atoms with Crippen LogP contribution in [0.3, 0.4) is 0 Å². The second-order valence-electron chi connectivity index (χ2n) is 5.37. The van der Waals surface area contributed by atoms with Gasteiger partial charge in [-0.15, -0.1) is 11.3 Å². The van der Waals surface area contributed by atoms with Crippen molar-refractivity contribution in [2.24, 2.45) is 0 Å². The Morgan fingerprint density at radius 3 is 2.77 bits per heavy atom. The highest BCUT2D eigenvalue weighted by molar-refractivity contribution is 7.11. The third-order valence-corrected chi connectivity index (χ3v) is 4.47. The maximum Gasteiger partial charge on any atom is 0.161 e. The van der Waals surface area contributed by atoms with Crippen molar-refractivity contribution in [1.82, 2.24) is 4.98 Å². The van der Waals surface area contributed by atoms with Gasteiger partial charge in [0.2, 0.25) is 0 Å². The van der Waals surface area contributed by atoms with Crippen molar-refractivity contribution in [1.29, 1.82) is 5.26 Å². The largest absolute Gasteiger partial charge is 0.504 e. The fraction of sp³-hybridized carbons (Fsp3) is 0.100. The Labute approximate surface area is 154 Å². The molecule has 0 unspecified atom stereocenters. The van der Waals surface area contributed by atoms with Gasteiger partial charge in [-0.25, -0.2) is 9.37 Å². The van der Waals surface area contributed by atoms with Crippen LogP contribution in [0.5, 0.6) is 11.5 Å². The number of thiazole rings is 1. The van der Waals surface area contributed by atoms with Crippen LogP contribution in [0.15, 0.2) is 47.8 Å². The van der Waals surface area contributed by atoms with Crippen LogP contribution in [-0.4, -0.2) is 16.7 Å². The third-order valence-electron chi connectivity index (χ3n) is 3.59. The van der Waals surface area contributed by atoms with Crippen molar-refractivity contribution in [3.63, 3.8) is 0 Å². The van der Waals surface area contributed by atoms with Crippen LogP contribution in [0.4, 0.5) is 4.39 Å². The van der Waals surface area contributed by atoms with E-state index in [1.807, 2.05) is 12.3 Å². The first-order valence-corrected chi connectivity index (χ1v) is 8.78. The molecule has 3 rings (SSSR count). The van der Waals surface area contributed by atoms with Crippen molar-refractivity contribution < 1.29 is 14.2 Å². The van der Waals surface area contributed by atoms with Crippen LogP contribution in [0.1, 0.15) is 17.5 Å². The van der Waals surface area contributed by atoms with Gasteiger partial charge in [0.05, 0.1) is 17.9 Å². The molecule has 0 spiro atoms. The summed E-state index contributed by atoms with van der Waals surface area (Å²) in [6.45, 7) is 2.26. The van der Waals surface area contributed by atoms with Crippen LogP contribution in [0, 0.1) is 17.1 Å². The number of benzene rings is 2. The Morgan fingerprint density at radius 2 is 2.08 bits per heavy atom. The topological polar surface area (TPSA) is 66.1 Å². The number of aromatic hydroxyl groups is 1. The average Bonchev–Trinajstić information content (AvgIpc) is 3.13. The minimum atomic E-state index is -0.306. The van der Waals surface area contributed by atoms with Gasteiger partial charge in [-0.1, -0.05) is 6.07 Å². The number of rotatable bonds is 5. The minimum absolute atomic E-state index is 0.0513. The Balaban J connectivity index is 1.92. The fourth-order valence-corrected chi connectivity index (χ4v) is 3.15. The molecule has 0 fully saturated rings. The zero-order chi connectivity index (χ0) is 18.5.